The van der Waals surface area contributed by atoms with Crippen molar-refractivity contribution in [1.82, 2.24) is 15.1 Å². The molecule has 1 heterocycles. The van der Waals surface area contributed by atoms with E-state index in [4.69, 9.17) is 0 Å². The van der Waals surface area contributed by atoms with Gasteiger partial charge in [0.05, 0.1) is 11.7 Å². The maximum atomic E-state index is 13.0. The standard InChI is InChI=1S/C22H21FN4O3/c1-14-3-12-21(29)27(26-14)13-20(28)24-15(2)16-6-10-19(11-7-16)25-22(30)17-4-8-18(23)9-5-17/h3-12,15H,13H2,1-2H3,(H,24,28)(H,25,30). The van der Waals surface area contributed by atoms with Crippen LogP contribution in [0.4, 0.5) is 10.1 Å². The number of carbonyl (C=O) groups excluding carboxylic acids is 2. The van der Waals surface area contributed by atoms with Crippen LogP contribution in [0.5, 0.6) is 0 Å². The summed E-state index contributed by atoms with van der Waals surface area (Å²) in [5.74, 6) is -1.09. The third-order valence-corrected chi connectivity index (χ3v) is 4.45. The molecule has 1 atom stereocenters. The molecule has 0 radical (unpaired) electrons. The Hall–Kier alpha value is -3.81. The number of amides is 2. The Kier molecular flexibility index (Phi) is 6.36. The summed E-state index contributed by atoms with van der Waals surface area (Å²) in [6, 6.07) is 14.9. The average molecular weight is 408 g/mol. The predicted molar refractivity (Wildman–Crippen MR) is 111 cm³/mol. The van der Waals surface area contributed by atoms with Crippen LogP contribution in [0, 0.1) is 12.7 Å². The van der Waals surface area contributed by atoms with Gasteiger partial charge in [0.25, 0.3) is 11.5 Å². The highest BCUT2D eigenvalue weighted by Gasteiger charge is 2.12. The SMILES string of the molecule is Cc1ccc(=O)n(CC(=O)NC(C)c2ccc(NC(=O)c3ccc(F)cc3)cc2)n1. The number of hydrogen-bond acceptors (Lipinski definition) is 4. The van der Waals surface area contributed by atoms with Crippen molar-refractivity contribution in [2.24, 2.45) is 0 Å². The molecule has 0 saturated heterocycles. The smallest absolute Gasteiger partial charge is 0.267 e. The molecule has 2 N–H and O–H groups in total. The minimum atomic E-state index is -0.407. The van der Waals surface area contributed by atoms with E-state index in [2.05, 4.69) is 15.7 Å². The van der Waals surface area contributed by atoms with Gasteiger partial charge in [0, 0.05) is 17.3 Å². The van der Waals surface area contributed by atoms with Crippen LogP contribution in [-0.2, 0) is 11.3 Å². The summed E-state index contributed by atoms with van der Waals surface area (Å²) >= 11 is 0. The van der Waals surface area contributed by atoms with Gasteiger partial charge >= 0.3 is 0 Å². The molecule has 0 aliphatic carbocycles. The minimum Gasteiger partial charge on any atom is -0.348 e. The average Bonchev–Trinajstić information content (AvgIpc) is 2.71. The number of nitrogens with one attached hydrogen (secondary N) is 2. The molecule has 1 unspecified atom stereocenters. The second kappa shape index (κ2) is 9.13. The lowest BCUT2D eigenvalue weighted by Gasteiger charge is -2.15. The van der Waals surface area contributed by atoms with Gasteiger partial charge in [-0.1, -0.05) is 12.1 Å². The van der Waals surface area contributed by atoms with Crippen molar-refractivity contribution in [3.8, 4) is 0 Å². The molecular formula is C22H21FN4O3. The zero-order valence-corrected chi connectivity index (χ0v) is 16.6. The van der Waals surface area contributed by atoms with Crippen molar-refractivity contribution < 1.29 is 14.0 Å². The number of rotatable bonds is 6. The molecule has 0 aliphatic heterocycles. The molecule has 0 aliphatic rings. The largest absolute Gasteiger partial charge is 0.348 e. The lowest BCUT2D eigenvalue weighted by molar-refractivity contribution is -0.122. The van der Waals surface area contributed by atoms with E-state index in [1.165, 1.54) is 30.3 Å². The van der Waals surface area contributed by atoms with Crippen molar-refractivity contribution >= 4 is 17.5 Å². The van der Waals surface area contributed by atoms with Gasteiger partial charge in [-0.15, -0.1) is 0 Å². The summed E-state index contributed by atoms with van der Waals surface area (Å²) in [5, 5.41) is 9.60. The Labute approximate surface area is 172 Å². The fourth-order valence-corrected chi connectivity index (χ4v) is 2.83. The third-order valence-electron chi connectivity index (χ3n) is 4.45. The summed E-state index contributed by atoms with van der Waals surface area (Å²) in [5.41, 5.74) is 2.05. The van der Waals surface area contributed by atoms with Crippen molar-refractivity contribution in [1.29, 1.82) is 0 Å². The summed E-state index contributed by atoms with van der Waals surface area (Å²) in [4.78, 5) is 36.2. The number of nitrogens with zero attached hydrogens (tertiary/aromatic N) is 2. The van der Waals surface area contributed by atoms with Gasteiger partial charge in [-0.05, 0) is 61.9 Å². The fourth-order valence-electron chi connectivity index (χ4n) is 2.83. The van der Waals surface area contributed by atoms with E-state index in [1.54, 1.807) is 37.3 Å². The van der Waals surface area contributed by atoms with Gasteiger partial charge in [-0.2, -0.15) is 5.10 Å². The third kappa shape index (κ3) is 5.38. The molecule has 154 valence electrons. The zero-order valence-electron chi connectivity index (χ0n) is 16.6. The maximum absolute atomic E-state index is 13.0. The molecule has 2 amide bonds. The van der Waals surface area contributed by atoms with Gasteiger partial charge in [0.1, 0.15) is 12.4 Å². The molecule has 2 aromatic carbocycles. The monoisotopic (exact) mass is 408 g/mol. The number of aromatic nitrogens is 2. The normalized spacial score (nSPS) is 11.6. The van der Waals surface area contributed by atoms with E-state index in [0.29, 0.717) is 16.9 Å². The first-order chi connectivity index (χ1) is 14.3. The first kappa shape index (κ1) is 20.9. The van der Waals surface area contributed by atoms with E-state index in [9.17, 15) is 18.8 Å². The first-order valence-electron chi connectivity index (χ1n) is 9.33. The molecule has 0 saturated carbocycles. The summed E-state index contributed by atoms with van der Waals surface area (Å²) in [7, 11) is 0. The van der Waals surface area contributed by atoms with Crippen LogP contribution < -0.4 is 16.2 Å². The number of aryl methyl sites for hydroxylation is 1. The lowest BCUT2D eigenvalue weighted by atomic mass is 10.1. The van der Waals surface area contributed by atoms with Crippen molar-refractivity contribution in [3.05, 3.63) is 93.7 Å². The maximum Gasteiger partial charge on any atom is 0.267 e. The molecule has 0 bridgehead atoms. The van der Waals surface area contributed by atoms with Crippen LogP contribution in [0.1, 0.15) is 34.6 Å². The van der Waals surface area contributed by atoms with Crippen molar-refractivity contribution in [3.63, 3.8) is 0 Å². The Morgan fingerprint density at radius 2 is 1.70 bits per heavy atom. The van der Waals surface area contributed by atoms with Gasteiger partial charge in [0.2, 0.25) is 5.91 Å². The van der Waals surface area contributed by atoms with Crippen LogP contribution in [-0.4, -0.2) is 21.6 Å². The van der Waals surface area contributed by atoms with Gasteiger partial charge in [-0.3, -0.25) is 14.4 Å². The van der Waals surface area contributed by atoms with E-state index < -0.39 is 5.82 Å². The van der Waals surface area contributed by atoms with E-state index >= 15 is 0 Å². The Morgan fingerprint density at radius 3 is 2.37 bits per heavy atom. The van der Waals surface area contributed by atoms with Crippen LogP contribution in [0.15, 0.2) is 65.5 Å². The Balaban J connectivity index is 1.59. The molecule has 3 rings (SSSR count). The van der Waals surface area contributed by atoms with Crippen LogP contribution in [0.25, 0.3) is 0 Å². The second-order valence-corrected chi connectivity index (χ2v) is 6.84. The molecule has 7 nitrogen and oxygen atoms in total. The highest BCUT2D eigenvalue weighted by atomic mass is 19.1. The molecule has 0 spiro atoms. The number of carbonyl (C=O) groups is 2. The molecular weight excluding hydrogens is 387 g/mol. The Morgan fingerprint density at radius 1 is 1.03 bits per heavy atom. The minimum absolute atomic E-state index is 0.170. The fraction of sp³-hybridized carbons (Fsp3) is 0.182. The zero-order chi connectivity index (χ0) is 21.7. The molecule has 1 aromatic heterocycles. The highest BCUT2D eigenvalue weighted by molar-refractivity contribution is 6.04. The number of anilines is 1. The van der Waals surface area contributed by atoms with Gasteiger partial charge in [-0.25, -0.2) is 9.07 Å². The van der Waals surface area contributed by atoms with Crippen molar-refractivity contribution in [2.75, 3.05) is 5.32 Å². The summed E-state index contributed by atoms with van der Waals surface area (Å²) in [6.45, 7) is 3.39. The summed E-state index contributed by atoms with van der Waals surface area (Å²) < 4.78 is 14.1. The van der Waals surface area contributed by atoms with Crippen molar-refractivity contribution in [2.45, 2.75) is 26.4 Å². The van der Waals surface area contributed by atoms with E-state index in [-0.39, 0.29) is 30.0 Å². The van der Waals surface area contributed by atoms with Gasteiger partial charge < -0.3 is 10.6 Å². The van der Waals surface area contributed by atoms with Crippen LogP contribution in [0.3, 0.4) is 0 Å². The predicted octanol–water partition coefficient (Wildman–Crippen LogP) is 2.82. The number of hydrogen-bond donors (Lipinski definition) is 2. The topological polar surface area (TPSA) is 93.1 Å². The molecule has 30 heavy (non-hydrogen) atoms. The van der Waals surface area contributed by atoms with E-state index in [0.717, 1.165) is 10.2 Å². The quantitative estimate of drug-likeness (QED) is 0.656. The Bertz CT molecular complexity index is 1110. The second-order valence-electron chi connectivity index (χ2n) is 6.84. The van der Waals surface area contributed by atoms with Crippen LogP contribution in [0.2, 0.25) is 0 Å². The number of benzene rings is 2. The number of halogens is 1. The molecule has 0 fully saturated rings. The highest BCUT2D eigenvalue weighted by Crippen LogP contribution is 2.17. The first-order valence-corrected chi connectivity index (χ1v) is 9.33. The molecule has 8 heteroatoms. The lowest BCUT2D eigenvalue weighted by Crippen LogP contribution is -2.34. The van der Waals surface area contributed by atoms with Gasteiger partial charge in [0.15, 0.2) is 0 Å². The van der Waals surface area contributed by atoms with E-state index in [1.807, 2.05) is 6.92 Å². The van der Waals surface area contributed by atoms with Crippen LogP contribution >= 0.6 is 0 Å². The summed E-state index contributed by atoms with van der Waals surface area (Å²) in [6.07, 6.45) is 0. The molecule has 3 aromatic rings.